The molecule has 2 aromatic rings. The molecule has 0 fully saturated rings. The van der Waals surface area contributed by atoms with Crippen molar-refractivity contribution in [2.75, 3.05) is 5.32 Å². The van der Waals surface area contributed by atoms with Crippen molar-refractivity contribution in [1.82, 2.24) is 5.32 Å². The number of halogens is 5. The molecule has 0 bridgehead atoms. The Labute approximate surface area is 153 Å². The Morgan fingerprint density at radius 3 is 2.50 bits per heavy atom. The summed E-state index contributed by atoms with van der Waals surface area (Å²) in [5, 5.41) is 6.37. The highest BCUT2D eigenvalue weighted by molar-refractivity contribution is 7.80. The number of nitrogens with one attached hydrogen (secondary N) is 2. The molecule has 0 saturated carbocycles. The standard InChI is InChI=1S/C16H13Cl2F3N2S/c1-9-12(17)3-2-4-14(9)23-15(24)22-8-10-5-6-13(18)11(7-10)16(19,20)21/h2-7H,8H2,1H3,(H2,22,23,24). The van der Waals surface area contributed by atoms with Crippen LogP contribution in [0.4, 0.5) is 18.9 Å². The van der Waals surface area contributed by atoms with Gasteiger partial charge < -0.3 is 10.6 Å². The summed E-state index contributed by atoms with van der Waals surface area (Å²) in [6.45, 7) is 1.97. The van der Waals surface area contributed by atoms with Gasteiger partial charge in [-0.1, -0.05) is 35.3 Å². The van der Waals surface area contributed by atoms with Gasteiger partial charge in [-0.2, -0.15) is 13.2 Å². The smallest absolute Gasteiger partial charge is 0.358 e. The minimum absolute atomic E-state index is 0.131. The van der Waals surface area contributed by atoms with Crippen molar-refractivity contribution in [1.29, 1.82) is 0 Å². The zero-order valence-corrected chi connectivity index (χ0v) is 14.8. The maximum absolute atomic E-state index is 12.8. The van der Waals surface area contributed by atoms with Crippen molar-refractivity contribution < 1.29 is 13.2 Å². The summed E-state index contributed by atoms with van der Waals surface area (Å²) in [4.78, 5) is 0. The summed E-state index contributed by atoms with van der Waals surface area (Å²) >= 11 is 16.8. The Morgan fingerprint density at radius 1 is 1.12 bits per heavy atom. The molecular weight excluding hydrogens is 380 g/mol. The highest BCUT2D eigenvalue weighted by Gasteiger charge is 2.33. The van der Waals surface area contributed by atoms with E-state index in [1.54, 1.807) is 18.2 Å². The van der Waals surface area contributed by atoms with Crippen LogP contribution in [-0.2, 0) is 12.7 Å². The molecule has 2 nitrogen and oxygen atoms in total. The molecule has 0 spiro atoms. The molecule has 0 saturated heterocycles. The highest BCUT2D eigenvalue weighted by Crippen LogP contribution is 2.35. The van der Waals surface area contributed by atoms with E-state index in [9.17, 15) is 13.2 Å². The van der Waals surface area contributed by atoms with Crippen molar-refractivity contribution in [3.8, 4) is 0 Å². The zero-order chi connectivity index (χ0) is 17.9. The molecule has 0 heterocycles. The van der Waals surface area contributed by atoms with E-state index in [0.29, 0.717) is 10.6 Å². The topological polar surface area (TPSA) is 24.1 Å². The highest BCUT2D eigenvalue weighted by atomic mass is 35.5. The first-order valence-electron chi connectivity index (χ1n) is 6.84. The van der Waals surface area contributed by atoms with Crippen LogP contribution >= 0.6 is 35.4 Å². The molecule has 0 amide bonds. The molecule has 24 heavy (non-hydrogen) atoms. The van der Waals surface area contributed by atoms with Crippen LogP contribution < -0.4 is 10.6 Å². The molecule has 2 aromatic carbocycles. The molecule has 128 valence electrons. The molecule has 0 atom stereocenters. The van der Waals surface area contributed by atoms with Gasteiger partial charge in [0.05, 0.1) is 10.6 Å². The maximum atomic E-state index is 12.8. The van der Waals surface area contributed by atoms with Crippen LogP contribution in [0.2, 0.25) is 10.0 Å². The van der Waals surface area contributed by atoms with Crippen LogP contribution in [0.1, 0.15) is 16.7 Å². The lowest BCUT2D eigenvalue weighted by Gasteiger charge is -2.14. The second kappa shape index (κ2) is 7.59. The van der Waals surface area contributed by atoms with Gasteiger partial charge in [0.1, 0.15) is 0 Å². The summed E-state index contributed by atoms with van der Waals surface area (Å²) in [6.07, 6.45) is -4.50. The monoisotopic (exact) mass is 392 g/mol. The van der Waals surface area contributed by atoms with E-state index in [-0.39, 0.29) is 16.7 Å². The molecule has 0 unspecified atom stereocenters. The van der Waals surface area contributed by atoms with E-state index < -0.39 is 11.7 Å². The largest absolute Gasteiger partial charge is 0.417 e. The molecule has 8 heteroatoms. The lowest BCUT2D eigenvalue weighted by Crippen LogP contribution is -2.28. The number of hydrogen-bond acceptors (Lipinski definition) is 1. The Bertz CT molecular complexity index is 763. The third-order valence-corrected chi connectivity index (χ3v) is 4.29. The lowest BCUT2D eigenvalue weighted by molar-refractivity contribution is -0.137. The first-order chi connectivity index (χ1) is 11.2. The van der Waals surface area contributed by atoms with Crippen molar-refractivity contribution in [2.24, 2.45) is 0 Å². The minimum Gasteiger partial charge on any atom is -0.358 e. The normalized spacial score (nSPS) is 11.2. The molecule has 0 radical (unpaired) electrons. The van der Waals surface area contributed by atoms with E-state index in [0.717, 1.165) is 17.3 Å². The first kappa shape index (κ1) is 18.8. The van der Waals surface area contributed by atoms with Gasteiger partial charge >= 0.3 is 6.18 Å². The van der Waals surface area contributed by atoms with Crippen LogP contribution in [0.3, 0.4) is 0 Å². The molecule has 2 rings (SSSR count). The number of rotatable bonds is 3. The van der Waals surface area contributed by atoms with Gasteiger partial charge in [0.15, 0.2) is 5.11 Å². The summed E-state index contributed by atoms with van der Waals surface area (Å²) < 4.78 is 38.5. The van der Waals surface area contributed by atoms with Crippen LogP contribution in [-0.4, -0.2) is 5.11 Å². The maximum Gasteiger partial charge on any atom is 0.417 e. The van der Waals surface area contributed by atoms with Crippen LogP contribution in [0.5, 0.6) is 0 Å². The van der Waals surface area contributed by atoms with Gasteiger partial charge in [0, 0.05) is 17.3 Å². The predicted octanol–water partition coefficient (Wildman–Crippen LogP) is 5.81. The molecule has 0 aliphatic carbocycles. The van der Waals surface area contributed by atoms with Gasteiger partial charge in [-0.25, -0.2) is 0 Å². The fourth-order valence-corrected chi connectivity index (χ4v) is 2.57. The van der Waals surface area contributed by atoms with Crippen LogP contribution in [0.25, 0.3) is 0 Å². The van der Waals surface area contributed by atoms with E-state index in [1.807, 2.05) is 6.92 Å². The van der Waals surface area contributed by atoms with E-state index in [1.165, 1.54) is 12.1 Å². The average molecular weight is 393 g/mol. The Hall–Kier alpha value is -1.50. The molecule has 0 aromatic heterocycles. The first-order valence-corrected chi connectivity index (χ1v) is 8.00. The Kier molecular flexibility index (Phi) is 5.96. The summed E-state index contributed by atoms with van der Waals surface area (Å²) in [6, 6.07) is 9.07. The predicted molar refractivity (Wildman–Crippen MR) is 95.7 cm³/mol. The Morgan fingerprint density at radius 2 is 1.83 bits per heavy atom. The van der Waals surface area contributed by atoms with Crippen LogP contribution in [0, 0.1) is 6.92 Å². The fraction of sp³-hybridized carbons (Fsp3) is 0.188. The van der Waals surface area contributed by atoms with Gasteiger partial charge in [0.2, 0.25) is 0 Å². The van der Waals surface area contributed by atoms with E-state index in [4.69, 9.17) is 35.4 Å². The molecule has 0 aliphatic heterocycles. The SMILES string of the molecule is Cc1c(Cl)cccc1NC(=S)NCc1ccc(Cl)c(C(F)(F)F)c1. The number of alkyl halides is 3. The summed E-state index contributed by atoms with van der Waals surface area (Å²) in [5.41, 5.74) is 1.10. The molecule has 2 N–H and O–H groups in total. The lowest BCUT2D eigenvalue weighted by atomic mass is 10.1. The number of thiocarbonyl (C=S) groups is 1. The number of anilines is 1. The average Bonchev–Trinajstić information content (AvgIpc) is 2.50. The third kappa shape index (κ3) is 4.75. The Balaban J connectivity index is 2.03. The second-order valence-electron chi connectivity index (χ2n) is 5.03. The minimum atomic E-state index is -4.50. The van der Waals surface area contributed by atoms with E-state index >= 15 is 0 Å². The van der Waals surface area contributed by atoms with Crippen molar-refractivity contribution in [3.05, 3.63) is 63.1 Å². The summed E-state index contributed by atoms with van der Waals surface area (Å²) in [7, 11) is 0. The van der Waals surface area contributed by atoms with Crippen molar-refractivity contribution in [2.45, 2.75) is 19.6 Å². The second-order valence-corrected chi connectivity index (χ2v) is 6.25. The fourth-order valence-electron chi connectivity index (χ4n) is 1.99. The van der Waals surface area contributed by atoms with Gasteiger partial charge in [-0.05, 0) is 54.5 Å². The third-order valence-electron chi connectivity index (χ3n) is 3.31. The molecular formula is C16H13Cl2F3N2S. The van der Waals surface area contributed by atoms with Crippen molar-refractivity contribution in [3.63, 3.8) is 0 Å². The van der Waals surface area contributed by atoms with E-state index in [2.05, 4.69) is 10.6 Å². The van der Waals surface area contributed by atoms with Gasteiger partial charge in [0.25, 0.3) is 0 Å². The quantitative estimate of drug-likeness (QED) is 0.644. The number of hydrogen-bond donors (Lipinski definition) is 2. The molecule has 0 aliphatic rings. The van der Waals surface area contributed by atoms with Gasteiger partial charge in [-0.3, -0.25) is 0 Å². The zero-order valence-electron chi connectivity index (χ0n) is 12.5. The van der Waals surface area contributed by atoms with Crippen LogP contribution in [0.15, 0.2) is 36.4 Å². The number of benzene rings is 2. The van der Waals surface area contributed by atoms with Crippen molar-refractivity contribution >= 4 is 46.2 Å². The van der Waals surface area contributed by atoms with Gasteiger partial charge in [-0.15, -0.1) is 0 Å². The summed E-state index contributed by atoms with van der Waals surface area (Å²) in [5.74, 6) is 0.